The van der Waals surface area contributed by atoms with Gasteiger partial charge in [0.25, 0.3) is 5.91 Å². The summed E-state index contributed by atoms with van der Waals surface area (Å²) in [6.07, 6.45) is 2.80. The van der Waals surface area contributed by atoms with Crippen LogP contribution in [0.1, 0.15) is 21.5 Å². The Hall–Kier alpha value is -4.29. The van der Waals surface area contributed by atoms with Gasteiger partial charge in [-0.2, -0.15) is 13.2 Å². The number of piperazine rings is 1. The molecule has 0 radical (unpaired) electrons. The normalized spacial score (nSPS) is 14.3. The number of ether oxygens (including phenoxy) is 1. The SMILES string of the molecule is COCCN1CCN(c2ccc(NC(=O)/C=C/c3cncc(NC(=O)c4cccc(C(F)(F)F)c4)c3)nc2)CC1. The fourth-order valence-corrected chi connectivity index (χ4v) is 4.09. The van der Waals surface area contributed by atoms with Crippen LogP contribution in [0.4, 0.5) is 30.4 Å². The fourth-order valence-electron chi connectivity index (χ4n) is 4.09. The van der Waals surface area contributed by atoms with E-state index in [9.17, 15) is 22.8 Å². The molecule has 1 saturated heterocycles. The summed E-state index contributed by atoms with van der Waals surface area (Å²) in [7, 11) is 1.70. The molecular formula is C28H29F3N6O3. The Balaban J connectivity index is 1.29. The first-order chi connectivity index (χ1) is 19.2. The number of pyridine rings is 2. The van der Waals surface area contributed by atoms with Crippen LogP contribution in [-0.2, 0) is 15.7 Å². The Bertz CT molecular complexity index is 1340. The van der Waals surface area contributed by atoms with Crippen molar-refractivity contribution in [1.29, 1.82) is 0 Å². The van der Waals surface area contributed by atoms with Gasteiger partial charge in [0.15, 0.2) is 0 Å². The zero-order chi connectivity index (χ0) is 28.5. The number of benzene rings is 1. The second-order valence-electron chi connectivity index (χ2n) is 9.09. The van der Waals surface area contributed by atoms with Crippen molar-refractivity contribution in [2.24, 2.45) is 0 Å². The summed E-state index contributed by atoms with van der Waals surface area (Å²) in [5.41, 5.74) is 0.696. The van der Waals surface area contributed by atoms with Crippen molar-refractivity contribution >= 4 is 35.1 Å². The Morgan fingerprint density at radius 1 is 1.02 bits per heavy atom. The summed E-state index contributed by atoms with van der Waals surface area (Å²) in [4.78, 5) is 37.8. The maximum atomic E-state index is 12.9. The van der Waals surface area contributed by atoms with E-state index < -0.39 is 23.6 Å². The van der Waals surface area contributed by atoms with Crippen LogP contribution in [-0.4, -0.2) is 73.1 Å². The average Bonchev–Trinajstić information content (AvgIpc) is 2.95. The van der Waals surface area contributed by atoms with Gasteiger partial charge >= 0.3 is 6.18 Å². The lowest BCUT2D eigenvalue weighted by molar-refractivity contribution is -0.137. The molecule has 3 heterocycles. The van der Waals surface area contributed by atoms with Gasteiger partial charge < -0.3 is 20.3 Å². The molecule has 1 fully saturated rings. The summed E-state index contributed by atoms with van der Waals surface area (Å²) in [6, 6.07) is 9.33. The lowest BCUT2D eigenvalue weighted by Crippen LogP contribution is -2.47. The quantitative estimate of drug-likeness (QED) is 0.383. The molecule has 1 aliphatic heterocycles. The highest BCUT2D eigenvalue weighted by atomic mass is 19.4. The monoisotopic (exact) mass is 554 g/mol. The van der Waals surface area contributed by atoms with Crippen molar-refractivity contribution in [3.63, 3.8) is 0 Å². The van der Waals surface area contributed by atoms with Gasteiger partial charge in [-0.3, -0.25) is 19.5 Å². The molecule has 2 N–H and O–H groups in total. The number of carbonyl (C=O) groups excluding carboxylic acids is 2. The van der Waals surface area contributed by atoms with E-state index in [2.05, 4.69) is 30.4 Å². The molecule has 0 spiro atoms. The van der Waals surface area contributed by atoms with Crippen molar-refractivity contribution in [1.82, 2.24) is 14.9 Å². The Kier molecular flexibility index (Phi) is 9.46. The third kappa shape index (κ3) is 8.10. The molecule has 2 aromatic heterocycles. The second-order valence-corrected chi connectivity index (χ2v) is 9.09. The predicted octanol–water partition coefficient (Wildman–Crippen LogP) is 4.17. The van der Waals surface area contributed by atoms with E-state index >= 15 is 0 Å². The molecule has 40 heavy (non-hydrogen) atoms. The zero-order valence-electron chi connectivity index (χ0n) is 21.8. The van der Waals surface area contributed by atoms with E-state index in [1.165, 1.54) is 36.7 Å². The first-order valence-corrected chi connectivity index (χ1v) is 12.6. The first kappa shape index (κ1) is 28.7. The maximum absolute atomic E-state index is 12.9. The molecule has 3 aromatic rings. The molecule has 9 nitrogen and oxygen atoms in total. The fraction of sp³-hybridized carbons (Fsp3) is 0.286. The van der Waals surface area contributed by atoms with Gasteiger partial charge in [0.1, 0.15) is 5.82 Å². The van der Waals surface area contributed by atoms with Crippen LogP contribution in [0.25, 0.3) is 6.08 Å². The van der Waals surface area contributed by atoms with Crippen LogP contribution in [0.5, 0.6) is 0 Å². The number of amides is 2. The van der Waals surface area contributed by atoms with Crippen LogP contribution >= 0.6 is 0 Å². The van der Waals surface area contributed by atoms with E-state index in [1.54, 1.807) is 25.4 Å². The number of rotatable bonds is 9. The molecule has 0 saturated carbocycles. The smallest absolute Gasteiger partial charge is 0.383 e. The van der Waals surface area contributed by atoms with Crippen LogP contribution in [0.3, 0.4) is 0 Å². The molecule has 1 aliphatic rings. The van der Waals surface area contributed by atoms with Crippen LogP contribution < -0.4 is 15.5 Å². The lowest BCUT2D eigenvalue weighted by atomic mass is 10.1. The molecule has 0 unspecified atom stereocenters. The number of halogens is 3. The Morgan fingerprint density at radius 2 is 1.82 bits per heavy atom. The number of hydrogen-bond donors (Lipinski definition) is 2. The Morgan fingerprint density at radius 3 is 2.52 bits per heavy atom. The summed E-state index contributed by atoms with van der Waals surface area (Å²) < 4.78 is 44.0. The van der Waals surface area contributed by atoms with Crippen LogP contribution in [0.2, 0.25) is 0 Å². The molecule has 0 bridgehead atoms. The minimum absolute atomic E-state index is 0.141. The van der Waals surface area contributed by atoms with Crippen LogP contribution in [0, 0.1) is 0 Å². The average molecular weight is 555 g/mol. The molecular weight excluding hydrogens is 525 g/mol. The van der Waals surface area contributed by atoms with Gasteiger partial charge in [-0.25, -0.2) is 4.98 Å². The highest BCUT2D eigenvalue weighted by molar-refractivity contribution is 6.04. The predicted molar refractivity (Wildman–Crippen MR) is 146 cm³/mol. The summed E-state index contributed by atoms with van der Waals surface area (Å²) in [6.45, 7) is 5.28. The number of methoxy groups -OCH3 is 1. The molecule has 4 rings (SSSR count). The van der Waals surface area contributed by atoms with Gasteiger partial charge in [-0.05, 0) is 48.0 Å². The van der Waals surface area contributed by atoms with E-state index in [-0.39, 0.29) is 11.3 Å². The number of alkyl halides is 3. The molecule has 1 aromatic carbocycles. The summed E-state index contributed by atoms with van der Waals surface area (Å²) >= 11 is 0. The largest absolute Gasteiger partial charge is 0.416 e. The number of aromatic nitrogens is 2. The van der Waals surface area contributed by atoms with Gasteiger partial charge in [0.05, 0.1) is 35.9 Å². The third-order valence-electron chi connectivity index (χ3n) is 6.24. The van der Waals surface area contributed by atoms with Gasteiger partial charge in [0, 0.05) is 57.7 Å². The van der Waals surface area contributed by atoms with Gasteiger partial charge in [-0.1, -0.05) is 6.07 Å². The van der Waals surface area contributed by atoms with Crippen molar-refractivity contribution in [2.45, 2.75) is 6.18 Å². The maximum Gasteiger partial charge on any atom is 0.416 e. The number of anilines is 3. The third-order valence-corrected chi connectivity index (χ3v) is 6.24. The number of carbonyl (C=O) groups is 2. The van der Waals surface area contributed by atoms with Crippen molar-refractivity contribution in [3.05, 3.63) is 83.8 Å². The summed E-state index contributed by atoms with van der Waals surface area (Å²) in [5.74, 6) is -0.725. The van der Waals surface area contributed by atoms with E-state index in [0.29, 0.717) is 18.0 Å². The van der Waals surface area contributed by atoms with E-state index in [1.807, 2.05) is 6.07 Å². The van der Waals surface area contributed by atoms with Crippen molar-refractivity contribution in [2.75, 3.05) is 62.0 Å². The van der Waals surface area contributed by atoms with Gasteiger partial charge in [-0.15, -0.1) is 0 Å². The topological polar surface area (TPSA) is 99.7 Å². The summed E-state index contributed by atoms with van der Waals surface area (Å²) in [5, 5.41) is 5.22. The molecule has 210 valence electrons. The van der Waals surface area contributed by atoms with Gasteiger partial charge in [0.2, 0.25) is 5.91 Å². The van der Waals surface area contributed by atoms with E-state index in [0.717, 1.165) is 50.5 Å². The minimum Gasteiger partial charge on any atom is -0.383 e. The molecule has 2 amide bonds. The van der Waals surface area contributed by atoms with Crippen molar-refractivity contribution < 1.29 is 27.5 Å². The van der Waals surface area contributed by atoms with Crippen LogP contribution in [0.15, 0.2) is 67.1 Å². The first-order valence-electron chi connectivity index (χ1n) is 12.6. The van der Waals surface area contributed by atoms with E-state index in [4.69, 9.17) is 4.74 Å². The second kappa shape index (κ2) is 13.2. The zero-order valence-corrected chi connectivity index (χ0v) is 21.8. The molecule has 0 aliphatic carbocycles. The highest BCUT2D eigenvalue weighted by Gasteiger charge is 2.30. The Labute approximate surface area is 229 Å². The lowest BCUT2D eigenvalue weighted by Gasteiger charge is -2.35. The molecule has 0 atom stereocenters. The standard InChI is InChI=1S/C28H29F3N6O3/c1-40-14-13-36-9-11-37(12-10-36)24-6-7-25(33-19-24)35-26(38)8-5-20-15-23(18-32-17-20)34-27(39)21-3-2-4-22(16-21)28(29,30)31/h2-8,15-19H,9-14H2,1H3,(H,34,39)(H,33,35,38)/b8-5+. The number of nitrogens with one attached hydrogen (secondary N) is 2. The molecule has 12 heteroatoms. The number of hydrogen-bond acceptors (Lipinski definition) is 7. The van der Waals surface area contributed by atoms with Crippen molar-refractivity contribution in [3.8, 4) is 0 Å². The minimum atomic E-state index is -4.55. The highest BCUT2D eigenvalue weighted by Crippen LogP contribution is 2.29. The number of nitrogens with zero attached hydrogens (tertiary/aromatic N) is 4.